The molecule has 0 heteroatoms. The molecule has 0 aliphatic carbocycles. The summed E-state index contributed by atoms with van der Waals surface area (Å²) < 4.78 is 0. The fourth-order valence-electron chi connectivity index (χ4n) is 1.33. The first kappa shape index (κ1) is 8.32. The predicted molar refractivity (Wildman–Crippen MR) is 48.6 cm³/mol. The van der Waals surface area contributed by atoms with E-state index in [0.29, 0.717) is 5.92 Å². The van der Waals surface area contributed by atoms with Crippen LogP contribution in [0, 0.1) is 6.07 Å². The Morgan fingerprint density at radius 1 is 1.36 bits per heavy atom. The molecule has 0 spiro atoms. The average molecular weight is 147 g/mol. The highest BCUT2D eigenvalue weighted by atomic mass is 14.1. The highest BCUT2D eigenvalue weighted by Gasteiger charge is 2.01. The Morgan fingerprint density at radius 2 is 2.00 bits per heavy atom. The van der Waals surface area contributed by atoms with Gasteiger partial charge in [-0.3, -0.25) is 0 Å². The minimum Gasteiger partial charge on any atom is -0.0654 e. The molecule has 1 rings (SSSR count). The zero-order valence-electron chi connectivity index (χ0n) is 7.30. The minimum absolute atomic E-state index is 0.703. The van der Waals surface area contributed by atoms with Gasteiger partial charge in [0.05, 0.1) is 0 Å². The van der Waals surface area contributed by atoms with E-state index in [9.17, 15) is 0 Å². The van der Waals surface area contributed by atoms with E-state index in [0.717, 1.165) is 0 Å². The highest BCUT2D eigenvalue weighted by molar-refractivity contribution is 5.17. The lowest BCUT2D eigenvalue weighted by Crippen LogP contribution is -1.91. The lowest BCUT2D eigenvalue weighted by molar-refractivity contribution is 0.665. The molecule has 0 nitrogen and oxygen atoms in total. The molecular formula is C11H15. The van der Waals surface area contributed by atoms with E-state index < -0.39 is 0 Å². The summed E-state index contributed by atoms with van der Waals surface area (Å²) in [5.41, 5.74) is 1.44. The van der Waals surface area contributed by atoms with Crippen LogP contribution in [0.15, 0.2) is 24.3 Å². The van der Waals surface area contributed by atoms with Crippen molar-refractivity contribution in [3.8, 4) is 0 Å². The molecule has 0 bridgehead atoms. The van der Waals surface area contributed by atoms with Gasteiger partial charge < -0.3 is 0 Å². The zero-order valence-corrected chi connectivity index (χ0v) is 7.30. The summed E-state index contributed by atoms with van der Waals surface area (Å²) in [5.74, 6) is 0.703. The Kier molecular flexibility index (Phi) is 3.15. The fourth-order valence-corrected chi connectivity index (χ4v) is 1.33. The second kappa shape index (κ2) is 4.17. The Bertz CT molecular complexity index is 188. The van der Waals surface area contributed by atoms with Crippen LogP contribution >= 0.6 is 0 Å². The number of rotatable bonds is 3. The van der Waals surface area contributed by atoms with E-state index in [1.807, 2.05) is 12.1 Å². The molecule has 0 amide bonds. The van der Waals surface area contributed by atoms with Crippen LogP contribution in [-0.4, -0.2) is 0 Å². The summed E-state index contributed by atoms with van der Waals surface area (Å²) in [7, 11) is 0. The second-order valence-electron chi connectivity index (χ2n) is 3.02. The second-order valence-corrected chi connectivity index (χ2v) is 3.02. The molecule has 0 heterocycles. The first-order valence-corrected chi connectivity index (χ1v) is 4.30. The summed E-state index contributed by atoms with van der Waals surface area (Å²) in [6, 6.07) is 11.3. The number of hydrogen-bond acceptors (Lipinski definition) is 0. The lowest BCUT2D eigenvalue weighted by atomic mass is 9.97. The molecule has 1 aromatic rings. The van der Waals surface area contributed by atoms with E-state index in [1.165, 1.54) is 18.4 Å². The van der Waals surface area contributed by atoms with E-state index >= 15 is 0 Å². The molecule has 0 fully saturated rings. The van der Waals surface area contributed by atoms with Crippen molar-refractivity contribution in [1.29, 1.82) is 0 Å². The van der Waals surface area contributed by atoms with Gasteiger partial charge in [-0.25, -0.2) is 0 Å². The topological polar surface area (TPSA) is 0 Å². The number of benzene rings is 1. The van der Waals surface area contributed by atoms with E-state index in [-0.39, 0.29) is 0 Å². The maximum Gasteiger partial charge on any atom is -0.0184 e. The van der Waals surface area contributed by atoms with Crippen molar-refractivity contribution in [2.75, 3.05) is 0 Å². The molecule has 0 aliphatic heterocycles. The van der Waals surface area contributed by atoms with Crippen molar-refractivity contribution in [3.05, 3.63) is 35.9 Å². The normalized spacial score (nSPS) is 12.9. The van der Waals surface area contributed by atoms with Crippen molar-refractivity contribution in [2.24, 2.45) is 0 Å². The highest BCUT2D eigenvalue weighted by Crippen LogP contribution is 2.19. The molecule has 0 aliphatic rings. The first-order chi connectivity index (χ1) is 5.34. The maximum absolute atomic E-state index is 3.03. The van der Waals surface area contributed by atoms with Crippen molar-refractivity contribution in [2.45, 2.75) is 32.6 Å². The summed E-state index contributed by atoms with van der Waals surface area (Å²) in [6.45, 7) is 4.50. The third-order valence-electron chi connectivity index (χ3n) is 2.03. The van der Waals surface area contributed by atoms with Crippen LogP contribution in [-0.2, 0) is 0 Å². The Morgan fingerprint density at radius 3 is 2.55 bits per heavy atom. The van der Waals surface area contributed by atoms with E-state index in [1.54, 1.807) is 0 Å². The lowest BCUT2D eigenvalue weighted by Gasteiger charge is -2.08. The van der Waals surface area contributed by atoms with Crippen LogP contribution in [0.5, 0.6) is 0 Å². The first-order valence-electron chi connectivity index (χ1n) is 4.30. The van der Waals surface area contributed by atoms with Crippen molar-refractivity contribution in [1.82, 2.24) is 0 Å². The van der Waals surface area contributed by atoms with Gasteiger partial charge in [0, 0.05) is 0 Å². The van der Waals surface area contributed by atoms with Crippen LogP contribution in [0.3, 0.4) is 0 Å². The van der Waals surface area contributed by atoms with Gasteiger partial charge in [0.2, 0.25) is 0 Å². The SMILES string of the molecule is CCCC(C)c1cc[c]cc1. The average Bonchev–Trinajstić information content (AvgIpc) is 2.07. The molecule has 1 radical (unpaired) electrons. The summed E-state index contributed by atoms with van der Waals surface area (Å²) >= 11 is 0. The predicted octanol–water partition coefficient (Wildman–Crippen LogP) is 3.39. The third-order valence-corrected chi connectivity index (χ3v) is 2.03. The third kappa shape index (κ3) is 2.38. The molecule has 1 atom stereocenters. The zero-order chi connectivity index (χ0) is 8.10. The number of hydrogen-bond donors (Lipinski definition) is 0. The molecule has 0 saturated heterocycles. The van der Waals surface area contributed by atoms with Crippen LogP contribution in [0.25, 0.3) is 0 Å². The molecule has 59 valence electrons. The van der Waals surface area contributed by atoms with Crippen molar-refractivity contribution in [3.63, 3.8) is 0 Å². The van der Waals surface area contributed by atoms with Gasteiger partial charge in [0.25, 0.3) is 0 Å². The standard InChI is InChI=1S/C11H15/c1-3-7-10(2)11-8-5-4-6-9-11/h5-6,8-10H,3,7H2,1-2H3. The largest absolute Gasteiger partial charge is 0.0654 e. The van der Waals surface area contributed by atoms with Crippen LogP contribution in [0.1, 0.15) is 38.2 Å². The minimum atomic E-state index is 0.703. The van der Waals surface area contributed by atoms with E-state index in [4.69, 9.17) is 0 Å². The van der Waals surface area contributed by atoms with Gasteiger partial charge in [-0.2, -0.15) is 0 Å². The van der Waals surface area contributed by atoms with Crippen LogP contribution < -0.4 is 0 Å². The van der Waals surface area contributed by atoms with Gasteiger partial charge in [-0.05, 0) is 24.0 Å². The smallest absolute Gasteiger partial charge is 0.0184 e. The maximum atomic E-state index is 3.03. The molecular weight excluding hydrogens is 132 g/mol. The van der Waals surface area contributed by atoms with Crippen molar-refractivity contribution < 1.29 is 0 Å². The summed E-state index contributed by atoms with van der Waals surface area (Å²) in [4.78, 5) is 0. The van der Waals surface area contributed by atoms with Crippen LogP contribution in [0.4, 0.5) is 0 Å². The molecule has 1 unspecified atom stereocenters. The van der Waals surface area contributed by atoms with Gasteiger partial charge in [-0.15, -0.1) is 0 Å². The Labute approximate surface area is 69.3 Å². The van der Waals surface area contributed by atoms with Gasteiger partial charge in [0.1, 0.15) is 0 Å². The van der Waals surface area contributed by atoms with Crippen molar-refractivity contribution >= 4 is 0 Å². The molecule has 11 heavy (non-hydrogen) atoms. The molecule has 0 N–H and O–H groups in total. The Hall–Kier alpha value is -0.780. The quantitative estimate of drug-likeness (QED) is 0.614. The molecule has 0 saturated carbocycles. The summed E-state index contributed by atoms with van der Waals surface area (Å²) in [5, 5.41) is 0. The Balaban J connectivity index is 2.61. The fraction of sp³-hybridized carbons (Fsp3) is 0.455. The van der Waals surface area contributed by atoms with Gasteiger partial charge in [0.15, 0.2) is 0 Å². The van der Waals surface area contributed by atoms with E-state index in [2.05, 4.69) is 32.0 Å². The summed E-state index contributed by atoms with van der Waals surface area (Å²) in [6.07, 6.45) is 2.55. The van der Waals surface area contributed by atoms with Crippen LogP contribution in [0.2, 0.25) is 0 Å². The molecule has 1 aromatic carbocycles. The monoisotopic (exact) mass is 147 g/mol. The van der Waals surface area contributed by atoms with Gasteiger partial charge in [-0.1, -0.05) is 44.5 Å². The van der Waals surface area contributed by atoms with Gasteiger partial charge >= 0.3 is 0 Å². The molecule has 0 aromatic heterocycles.